The third-order valence-electron chi connectivity index (χ3n) is 4.28. The Balaban J connectivity index is 2.00. The van der Waals surface area contributed by atoms with E-state index in [0.717, 1.165) is 13.2 Å². The maximum absolute atomic E-state index is 5.22. The van der Waals surface area contributed by atoms with Gasteiger partial charge in [-0.1, -0.05) is 25.7 Å². The van der Waals surface area contributed by atoms with Crippen LogP contribution in [0.4, 0.5) is 0 Å². The molecule has 1 aliphatic rings. The lowest BCUT2D eigenvalue weighted by Gasteiger charge is -2.33. The van der Waals surface area contributed by atoms with E-state index in [-0.39, 0.29) is 0 Å². The smallest absolute Gasteiger partial charge is 0.0489 e. The van der Waals surface area contributed by atoms with Crippen molar-refractivity contribution in [1.29, 1.82) is 0 Å². The van der Waals surface area contributed by atoms with E-state index in [1.165, 1.54) is 51.4 Å². The van der Waals surface area contributed by atoms with E-state index >= 15 is 0 Å². The predicted octanol–water partition coefficient (Wildman–Crippen LogP) is 3.65. The molecular weight excluding hydrogens is 224 g/mol. The normalized spacial score (nSPS) is 19.6. The molecule has 0 aliphatic heterocycles. The highest BCUT2D eigenvalue weighted by Crippen LogP contribution is 2.40. The molecular formula is C15H26N2O. The Hall–Kier alpha value is -0.830. The fourth-order valence-corrected chi connectivity index (χ4v) is 3.29. The average Bonchev–Trinajstić information content (AvgIpc) is 2.76. The lowest BCUT2D eigenvalue weighted by molar-refractivity contribution is 0.134. The molecule has 2 rings (SSSR count). The van der Waals surface area contributed by atoms with E-state index in [9.17, 15) is 0 Å². The molecule has 0 bridgehead atoms. The van der Waals surface area contributed by atoms with Gasteiger partial charge in [0.05, 0.1) is 0 Å². The first-order chi connectivity index (χ1) is 8.85. The molecule has 18 heavy (non-hydrogen) atoms. The lowest BCUT2D eigenvalue weighted by atomic mass is 9.76. The van der Waals surface area contributed by atoms with Gasteiger partial charge < -0.3 is 4.74 Å². The molecule has 1 aromatic rings. The van der Waals surface area contributed by atoms with Crippen LogP contribution in [0.2, 0.25) is 0 Å². The van der Waals surface area contributed by atoms with Crippen LogP contribution >= 0.6 is 0 Å². The Morgan fingerprint density at radius 3 is 2.61 bits per heavy atom. The van der Waals surface area contributed by atoms with E-state index in [2.05, 4.69) is 16.0 Å². The second-order valence-corrected chi connectivity index (χ2v) is 5.71. The number of rotatable bonds is 6. The minimum atomic E-state index is 0.459. The van der Waals surface area contributed by atoms with Gasteiger partial charge in [-0.2, -0.15) is 5.10 Å². The second-order valence-electron chi connectivity index (χ2n) is 5.71. The molecule has 0 radical (unpaired) electrons. The van der Waals surface area contributed by atoms with E-state index in [1.54, 1.807) is 7.11 Å². The van der Waals surface area contributed by atoms with Crippen molar-refractivity contribution >= 4 is 0 Å². The van der Waals surface area contributed by atoms with Crippen LogP contribution in [0.1, 0.15) is 51.4 Å². The van der Waals surface area contributed by atoms with Crippen LogP contribution in [0, 0.1) is 5.41 Å². The van der Waals surface area contributed by atoms with Gasteiger partial charge in [0.1, 0.15) is 0 Å². The maximum Gasteiger partial charge on any atom is 0.0489 e. The first kappa shape index (κ1) is 13.6. The van der Waals surface area contributed by atoms with Gasteiger partial charge in [-0.15, -0.1) is 0 Å². The molecule has 3 heteroatoms. The van der Waals surface area contributed by atoms with Crippen LogP contribution < -0.4 is 0 Å². The number of hydrogen-bond donors (Lipinski definition) is 0. The summed E-state index contributed by atoms with van der Waals surface area (Å²) in [7, 11) is 1.80. The third-order valence-corrected chi connectivity index (χ3v) is 4.28. The van der Waals surface area contributed by atoms with Crippen LogP contribution in [0.15, 0.2) is 18.5 Å². The monoisotopic (exact) mass is 250 g/mol. The predicted molar refractivity (Wildman–Crippen MR) is 73.5 cm³/mol. The van der Waals surface area contributed by atoms with Crippen molar-refractivity contribution in [2.45, 2.75) is 57.9 Å². The van der Waals surface area contributed by atoms with Gasteiger partial charge in [-0.25, -0.2) is 0 Å². The van der Waals surface area contributed by atoms with Crippen LogP contribution in [-0.4, -0.2) is 23.5 Å². The molecule has 0 unspecified atom stereocenters. The van der Waals surface area contributed by atoms with Gasteiger partial charge in [0.15, 0.2) is 0 Å². The van der Waals surface area contributed by atoms with E-state index in [0.29, 0.717) is 5.41 Å². The number of methoxy groups -OCH3 is 1. The van der Waals surface area contributed by atoms with Gasteiger partial charge in [-0.05, 0) is 37.2 Å². The van der Waals surface area contributed by atoms with Crippen molar-refractivity contribution in [3.8, 4) is 0 Å². The summed E-state index contributed by atoms with van der Waals surface area (Å²) in [5, 5.41) is 4.40. The van der Waals surface area contributed by atoms with Crippen molar-refractivity contribution in [3.63, 3.8) is 0 Å². The highest BCUT2D eigenvalue weighted by Gasteiger charge is 2.31. The Morgan fingerprint density at radius 2 is 2.00 bits per heavy atom. The molecule has 0 atom stereocenters. The summed E-state index contributed by atoms with van der Waals surface area (Å²) in [5.74, 6) is 0. The number of aromatic nitrogens is 2. The maximum atomic E-state index is 5.22. The van der Waals surface area contributed by atoms with Crippen LogP contribution in [0.25, 0.3) is 0 Å². The van der Waals surface area contributed by atoms with E-state index in [1.807, 2.05) is 12.3 Å². The fourth-order valence-electron chi connectivity index (χ4n) is 3.29. The molecule has 0 spiro atoms. The first-order valence-corrected chi connectivity index (χ1v) is 7.31. The second kappa shape index (κ2) is 6.93. The Bertz CT molecular complexity index is 313. The van der Waals surface area contributed by atoms with E-state index < -0.39 is 0 Å². The molecule has 0 aromatic carbocycles. The zero-order valence-corrected chi connectivity index (χ0v) is 11.6. The summed E-state index contributed by atoms with van der Waals surface area (Å²) in [6.45, 7) is 1.98. The first-order valence-electron chi connectivity index (χ1n) is 7.31. The minimum Gasteiger partial charge on any atom is -0.385 e. The molecule has 1 saturated carbocycles. The van der Waals surface area contributed by atoms with Crippen LogP contribution in [-0.2, 0) is 11.3 Å². The van der Waals surface area contributed by atoms with Crippen molar-refractivity contribution in [3.05, 3.63) is 18.5 Å². The molecule has 102 valence electrons. The number of hydrogen-bond acceptors (Lipinski definition) is 2. The standard InChI is InChI=1S/C15H26N2O/c1-18-13-6-10-15(8-4-2-3-5-9-15)14-17-12-7-11-16-17/h7,11-12H,2-6,8-10,13-14H2,1H3. The Kier molecular flexibility index (Phi) is 5.24. The summed E-state index contributed by atoms with van der Waals surface area (Å²) in [5.41, 5.74) is 0.459. The minimum absolute atomic E-state index is 0.459. The highest BCUT2D eigenvalue weighted by molar-refractivity contribution is 4.85. The Morgan fingerprint density at radius 1 is 1.22 bits per heavy atom. The van der Waals surface area contributed by atoms with Gasteiger partial charge in [-0.3, -0.25) is 4.68 Å². The summed E-state index contributed by atoms with van der Waals surface area (Å²) < 4.78 is 7.35. The zero-order valence-electron chi connectivity index (χ0n) is 11.6. The van der Waals surface area contributed by atoms with E-state index in [4.69, 9.17) is 4.74 Å². The molecule has 0 N–H and O–H groups in total. The van der Waals surface area contributed by atoms with Crippen molar-refractivity contribution in [1.82, 2.24) is 9.78 Å². The van der Waals surface area contributed by atoms with Gasteiger partial charge >= 0.3 is 0 Å². The molecule has 3 nitrogen and oxygen atoms in total. The topological polar surface area (TPSA) is 27.1 Å². The summed E-state index contributed by atoms with van der Waals surface area (Å²) in [6, 6.07) is 2.03. The summed E-state index contributed by atoms with van der Waals surface area (Å²) in [6.07, 6.45) is 14.7. The molecule has 1 aliphatic carbocycles. The highest BCUT2D eigenvalue weighted by atomic mass is 16.5. The molecule has 1 heterocycles. The SMILES string of the molecule is COCCCC1(Cn2cccn2)CCCCCC1. The summed E-state index contributed by atoms with van der Waals surface area (Å²) >= 11 is 0. The van der Waals surface area contributed by atoms with Gasteiger partial charge in [0.25, 0.3) is 0 Å². The van der Waals surface area contributed by atoms with Crippen molar-refractivity contribution < 1.29 is 4.74 Å². The Labute approximate surface area is 111 Å². The number of ether oxygens (including phenoxy) is 1. The molecule has 0 amide bonds. The van der Waals surface area contributed by atoms with Crippen LogP contribution in [0.3, 0.4) is 0 Å². The zero-order chi connectivity index (χ0) is 12.7. The molecule has 1 aromatic heterocycles. The largest absolute Gasteiger partial charge is 0.385 e. The summed E-state index contributed by atoms with van der Waals surface area (Å²) in [4.78, 5) is 0. The molecule has 0 saturated heterocycles. The fraction of sp³-hybridized carbons (Fsp3) is 0.800. The molecule has 1 fully saturated rings. The van der Waals surface area contributed by atoms with Gasteiger partial charge in [0, 0.05) is 32.7 Å². The van der Waals surface area contributed by atoms with Crippen molar-refractivity contribution in [2.24, 2.45) is 5.41 Å². The third kappa shape index (κ3) is 3.84. The average molecular weight is 250 g/mol. The van der Waals surface area contributed by atoms with Crippen molar-refractivity contribution in [2.75, 3.05) is 13.7 Å². The van der Waals surface area contributed by atoms with Gasteiger partial charge in [0.2, 0.25) is 0 Å². The quantitative estimate of drug-likeness (QED) is 0.569. The van der Waals surface area contributed by atoms with Crippen LogP contribution in [0.5, 0.6) is 0 Å². The lowest BCUT2D eigenvalue weighted by Crippen LogP contribution is -2.27. The number of nitrogens with zero attached hydrogens (tertiary/aromatic N) is 2.